The fourth-order valence-corrected chi connectivity index (χ4v) is 4.94. The van der Waals surface area contributed by atoms with Crippen LogP contribution in [0.2, 0.25) is 5.02 Å². The molecule has 108 valence electrons. The Kier molecular flexibility index (Phi) is 7.26. The van der Waals surface area contributed by atoms with Crippen molar-refractivity contribution in [1.82, 2.24) is 0 Å². The molecular formula is C12H18ClO4PS. The lowest BCUT2D eigenvalue weighted by Gasteiger charge is -2.16. The highest BCUT2D eigenvalue weighted by Crippen LogP contribution is 2.47. The molecule has 7 heteroatoms. The van der Waals surface area contributed by atoms with E-state index in [0.29, 0.717) is 23.1 Å². The maximum Gasteiger partial charge on any atom is 0.331 e. The fraction of sp³-hybridized carbons (Fsp3) is 0.500. The Morgan fingerprint density at radius 1 is 1.16 bits per heavy atom. The first-order valence-electron chi connectivity index (χ1n) is 6.03. The highest BCUT2D eigenvalue weighted by Gasteiger charge is 2.24. The molecule has 0 heterocycles. The van der Waals surface area contributed by atoms with Crippen molar-refractivity contribution in [1.29, 1.82) is 0 Å². The molecule has 1 rings (SSSR count). The number of hydrogen-bond acceptors (Lipinski definition) is 4. The monoisotopic (exact) mass is 324 g/mol. The standard InChI is InChI=1S/C12H18ClO4PS/c1-3-16-18(14,17-4-2)9-10-19(15)12-7-5-11(13)6-8-12/h5-8H,3-4,9-10H2,1-2H3. The number of halogens is 1. The molecule has 1 aromatic rings. The first-order chi connectivity index (χ1) is 9.00. The zero-order valence-electron chi connectivity index (χ0n) is 11.0. The van der Waals surface area contributed by atoms with Crippen LogP contribution in [0.4, 0.5) is 0 Å². The zero-order valence-corrected chi connectivity index (χ0v) is 13.5. The number of benzene rings is 1. The van der Waals surface area contributed by atoms with Gasteiger partial charge in [-0.2, -0.15) is 0 Å². The van der Waals surface area contributed by atoms with Gasteiger partial charge in [-0.25, -0.2) is 0 Å². The molecule has 0 spiro atoms. The summed E-state index contributed by atoms with van der Waals surface area (Å²) in [6, 6.07) is 6.76. The minimum Gasteiger partial charge on any atom is -0.309 e. The van der Waals surface area contributed by atoms with Crippen molar-refractivity contribution >= 4 is 30.0 Å². The molecule has 0 aliphatic rings. The van der Waals surface area contributed by atoms with Gasteiger partial charge in [0.05, 0.1) is 30.2 Å². The van der Waals surface area contributed by atoms with E-state index in [9.17, 15) is 8.77 Å². The Labute approximate surface area is 121 Å². The van der Waals surface area contributed by atoms with Crippen molar-refractivity contribution in [2.45, 2.75) is 18.7 Å². The molecule has 0 N–H and O–H groups in total. The summed E-state index contributed by atoms with van der Waals surface area (Å²) in [4.78, 5) is 0.656. The van der Waals surface area contributed by atoms with Gasteiger partial charge in [0.15, 0.2) is 0 Å². The van der Waals surface area contributed by atoms with Crippen molar-refractivity contribution in [3.63, 3.8) is 0 Å². The largest absolute Gasteiger partial charge is 0.331 e. The van der Waals surface area contributed by atoms with Crippen LogP contribution in [0.1, 0.15) is 13.8 Å². The Hall–Kier alpha value is -0.190. The highest BCUT2D eigenvalue weighted by molar-refractivity contribution is 7.85. The summed E-state index contributed by atoms with van der Waals surface area (Å²) in [5.41, 5.74) is 0. The molecular weight excluding hydrogens is 307 g/mol. The van der Waals surface area contributed by atoms with Gasteiger partial charge in [0, 0.05) is 15.7 Å². The van der Waals surface area contributed by atoms with Crippen LogP contribution in [-0.4, -0.2) is 29.3 Å². The second-order valence-corrected chi connectivity index (χ2v) is 7.87. The van der Waals surface area contributed by atoms with Crippen molar-refractivity contribution in [2.75, 3.05) is 25.1 Å². The van der Waals surface area contributed by atoms with Gasteiger partial charge in [-0.1, -0.05) is 11.6 Å². The van der Waals surface area contributed by atoms with Crippen LogP contribution in [0, 0.1) is 0 Å². The van der Waals surface area contributed by atoms with E-state index in [0.717, 1.165) is 0 Å². The van der Waals surface area contributed by atoms with Gasteiger partial charge in [-0.3, -0.25) is 8.77 Å². The van der Waals surface area contributed by atoms with E-state index in [1.165, 1.54) is 0 Å². The fourth-order valence-electron chi connectivity index (χ4n) is 1.46. The third-order valence-electron chi connectivity index (χ3n) is 2.28. The summed E-state index contributed by atoms with van der Waals surface area (Å²) in [7, 11) is -4.36. The minimum atomic E-state index is -3.12. The van der Waals surface area contributed by atoms with E-state index in [2.05, 4.69) is 0 Å². The van der Waals surface area contributed by atoms with Gasteiger partial charge in [0.25, 0.3) is 0 Å². The predicted octanol–water partition coefficient (Wildman–Crippen LogP) is 3.71. The summed E-state index contributed by atoms with van der Waals surface area (Å²) in [6.07, 6.45) is 0.143. The maximum atomic E-state index is 12.2. The van der Waals surface area contributed by atoms with Crippen LogP contribution in [-0.2, 0) is 24.4 Å². The summed E-state index contributed by atoms with van der Waals surface area (Å²) >= 11 is 5.77. The van der Waals surface area contributed by atoms with E-state index in [1.807, 2.05) is 0 Å². The lowest BCUT2D eigenvalue weighted by molar-refractivity contribution is 0.221. The second-order valence-electron chi connectivity index (χ2n) is 3.67. The van der Waals surface area contributed by atoms with E-state index in [1.54, 1.807) is 38.1 Å². The van der Waals surface area contributed by atoms with Gasteiger partial charge < -0.3 is 9.05 Å². The molecule has 1 atom stereocenters. The Morgan fingerprint density at radius 3 is 2.16 bits per heavy atom. The average molecular weight is 325 g/mol. The minimum absolute atomic E-state index is 0.143. The summed E-state index contributed by atoms with van der Waals surface area (Å²) in [5, 5.41) is 0.593. The van der Waals surface area contributed by atoms with Crippen LogP contribution in [0.3, 0.4) is 0 Å². The normalized spacial score (nSPS) is 13.4. The van der Waals surface area contributed by atoms with Crippen molar-refractivity contribution in [3.05, 3.63) is 29.3 Å². The molecule has 0 radical (unpaired) electrons. The van der Waals surface area contributed by atoms with Crippen LogP contribution < -0.4 is 0 Å². The Balaban J connectivity index is 2.61. The molecule has 1 aromatic carbocycles. The smallest absolute Gasteiger partial charge is 0.309 e. The molecule has 19 heavy (non-hydrogen) atoms. The van der Waals surface area contributed by atoms with Crippen molar-refractivity contribution < 1.29 is 17.8 Å². The Morgan fingerprint density at radius 2 is 1.68 bits per heavy atom. The molecule has 0 fully saturated rings. The third kappa shape index (κ3) is 5.76. The maximum absolute atomic E-state index is 12.2. The van der Waals surface area contributed by atoms with Crippen molar-refractivity contribution in [3.8, 4) is 0 Å². The molecule has 1 unspecified atom stereocenters. The third-order valence-corrected chi connectivity index (χ3v) is 6.28. The number of rotatable bonds is 8. The molecule has 0 saturated heterocycles. The molecule has 0 bridgehead atoms. The highest BCUT2D eigenvalue weighted by atomic mass is 35.5. The molecule has 0 aliphatic carbocycles. The van der Waals surface area contributed by atoms with Crippen LogP contribution >= 0.6 is 19.2 Å². The predicted molar refractivity (Wildman–Crippen MR) is 78.5 cm³/mol. The SMILES string of the molecule is CCOP(=O)(CCS(=O)c1ccc(Cl)cc1)OCC. The summed E-state index contributed by atoms with van der Waals surface area (Å²) in [5.74, 6) is 0.235. The van der Waals surface area contributed by atoms with Gasteiger partial charge in [0.1, 0.15) is 0 Å². The van der Waals surface area contributed by atoms with Crippen LogP contribution in [0.5, 0.6) is 0 Å². The van der Waals surface area contributed by atoms with E-state index >= 15 is 0 Å². The lowest BCUT2D eigenvalue weighted by Crippen LogP contribution is -2.08. The van der Waals surface area contributed by atoms with Crippen LogP contribution in [0.15, 0.2) is 29.2 Å². The molecule has 0 saturated carbocycles. The lowest BCUT2D eigenvalue weighted by atomic mass is 10.4. The first-order valence-corrected chi connectivity index (χ1v) is 9.45. The topological polar surface area (TPSA) is 52.6 Å². The van der Waals surface area contributed by atoms with Gasteiger partial charge >= 0.3 is 7.60 Å². The van der Waals surface area contributed by atoms with E-state index in [-0.39, 0.29) is 11.9 Å². The first kappa shape index (κ1) is 16.9. The summed E-state index contributed by atoms with van der Waals surface area (Å²) in [6.45, 7) is 4.12. The number of hydrogen-bond donors (Lipinski definition) is 0. The van der Waals surface area contributed by atoms with Gasteiger partial charge in [0.2, 0.25) is 0 Å². The quantitative estimate of drug-likeness (QED) is 0.684. The van der Waals surface area contributed by atoms with E-state index < -0.39 is 18.4 Å². The molecule has 0 amide bonds. The van der Waals surface area contributed by atoms with E-state index in [4.69, 9.17) is 20.6 Å². The average Bonchev–Trinajstić information content (AvgIpc) is 2.37. The van der Waals surface area contributed by atoms with Crippen molar-refractivity contribution in [2.24, 2.45) is 0 Å². The van der Waals surface area contributed by atoms with Crippen LogP contribution in [0.25, 0.3) is 0 Å². The van der Waals surface area contributed by atoms with Gasteiger partial charge in [-0.15, -0.1) is 0 Å². The second kappa shape index (κ2) is 8.18. The molecule has 4 nitrogen and oxygen atoms in total. The zero-order chi connectivity index (χ0) is 14.3. The molecule has 0 aliphatic heterocycles. The summed E-state index contributed by atoms with van der Waals surface area (Å²) < 4.78 is 34.6. The van der Waals surface area contributed by atoms with Gasteiger partial charge in [-0.05, 0) is 38.1 Å². The Bertz CT molecular complexity index is 453. The molecule has 0 aromatic heterocycles.